The van der Waals surface area contributed by atoms with Gasteiger partial charge in [-0.1, -0.05) is 24.3 Å². The number of hydrogen-bond acceptors (Lipinski definition) is 4. The van der Waals surface area contributed by atoms with Gasteiger partial charge in [-0.3, -0.25) is 4.98 Å². The number of carbonyl (C=O) groups excluding carboxylic acids is 1. The molecule has 128 valence electrons. The molecule has 2 N–H and O–H groups in total. The van der Waals surface area contributed by atoms with Crippen LogP contribution in [0.25, 0.3) is 10.9 Å². The van der Waals surface area contributed by atoms with Gasteiger partial charge in [-0.2, -0.15) is 0 Å². The molecule has 3 aromatic rings. The Hall–Kier alpha value is -3.15. The molecular formula is C19H20N4O2. The van der Waals surface area contributed by atoms with Crippen LogP contribution in [0.15, 0.2) is 48.7 Å². The van der Waals surface area contributed by atoms with Gasteiger partial charge in [0.2, 0.25) is 5.88 Å². The van der Waals surface area contributed by atoms with Gasteiger partial charge in [0, 0.05) is 36.4 Å². The highest BCUT2D eigenvalue weighted by atomic mass is 16.5. The van der Waals surface area contributed by atoms with Gasteiger partial charge in [-0.25, -0.2) is 9.78 Å². The number of methoxy groups -OCH3 is 1. The van der Waals surface area contributed by atoms with Gasteiger partial charge < -0.3 is 15.4 Å². The fraction of sp³-hybridized carbons (Fsp3) is 0.211. The molecule has 0 fully saturated rings. The van der Waals surface area contributed by atoms with Gasteiger partial charge in [-0.15, -0.1) is 0 Å². The zero-order chi connectivity index (χ0) is 17.6. The summed E-state index contributed by atoms with van der Waals surface area (Å²) in [6.07, 6.45) is 1.76. The van der Waals surface area contributed by atoms with Crippen LogP contribution in [0.3, 0.4) is 0 Å². The zero-order valence-corrected chi connectivity index (χ0v) is 14.2. The number of nitrogens with one attached hydrogen (secondary N) is 2. The number of hydrogen-bond donors (Lipinski definition) is 2. The van der Waals surface area contributed by atoms with Crippen molar-refractivity contribution < 1.29 is 9.53 Å². The van der Waals surface area contributed by atoms with Gasteiger partial charge in [-0.05, 0) is 30.2 Å². The van der Waals surface area contributed by atoms with E-state index in [0.29, 0.717) is 19.0 Å². The summed E-state index contributed by atoms with van der Waals surface area (Å²) in [5, 5.41) is 6.69. The molecule has 0 saturated heterocycles. The van der Waals surface area contributed by atoms with Crippen LogP contribution in [0, 0.1) is 6.92 Å². The Morgan fingerprint density at radius 3 is 2.68 bits per heavy atom. The number of aromatic nitrogens is 2. The monoisotopic (exact) mass is 336 g/mol. The van der Waals surface area contributed by atoms with Crippen LogP contribution in [0.4, 0.5) is 4.79 Å². The lowest BCUT2D eigenvalue weighted by Crippen LogP contribution is -2.34. The Labute approximate surface area is 146 Å². The largest absolute Gasteiger partial charge is 0.481 e. The van der Waals surface area contributed by atoms with Crippen LogP contribution in [0.5, 0.6) is 5.88 Å². The standard InChI is InChI=1S/C19H20N4O2/c1-13-7-8-14(10-20-13)11-21-19(24)22-12-15-9-18(25-2)23-17-6-4-3-5-16(15)17/h3-10H,11-12H2,1-2H3,(H2,21,22,24). The molecule has 6 heteroatoms. The van der Waals surface area contributed by atoms with E-state index in [-0.39, 0.29) is 6.03 Å². The number of rotatable bonds is 5. The number of carbonyl (C=O) groups is 1. The number of ether oxygens (including phenoxy) is 1. The third-order valence-corrected chi connectivity index (χ3v) is 3.85. The molecule has 2 heterocycles. The first-order chi connectivity index (χ1) is 12.2. The molecule has 0 aliphatic rings. The molecule has 0 saturated carbocycles. The summed E-state index contributed by atoms with van der Waals surface area (Å²) in [4.78, 5) is 20.7. The topological polar surface area (TPSA) is 76.1 Å². The van der Waals surface area contributed by atoms with E-state index in [2.05, 4.69) is 20.6 Å². The van der Waals surface area contributed by atoms with Crippen LogP contribution in [-0.2, 0) is 13.1 Å². The maximum atomic E-state index is 12.1. The van der Waals surface area contributed by atoms with Crippen molar-refractivity contribution in [1.82, 2.24) is 20.6 Å². The predicted molar refractivity (Wildman–Crippen MR) is 96.3 cm³/mol. The minimum Gasteiger partial charge on any atom is -0.481 e. The molecule has 0 atom stereocenters. The lowest BCUT2D eigenvalue weighted by Gasteiger charge is -2.11. The van der Waals surface area contributed by atoms with Crippen LogP contribution in [-0.4, -0.2) is 23.1 Å². The van der Waals surface area contributed by atoms with E-state index >= 15 is 0 Å². The van der Waals surface area contributed by atoms with Crippen molar-refractivity contribution in [3.05, 3.63) is 65.5 Å². The first kappa shape index (κ1) is 16.7. The summed E-state index contributed by atoms with van der Waals surface area (Å²) in [6.45, 7) is 2.74. The third kappa shape index (κ3) is 4.23. The van der Waals surface area contributed by atoms with Gasteiger partial charge in [0.25, 0.3) is 0 Å². The molecule has 0 unspecified atom stereocenters. The lowest BCUT2D eigenvalue weighted by atomic mass is 10.1. The smallest absolute Gasteiger partial charge is 0.315 e. The number of aryl methyl sites for hydroxylation is 1. The Bertz CT molecular complexity index is 878. The fourth-order valence-corrected chi connectivity index (χ4v) is 2.49. The average Bonchev–Trinajstić information content (AvgIpc) is 2.65. The summed E-state index contributed by atoms with van der Waals surface area (Å²) >= 11 is 0. The molecule has 0 aliphatic carbocycles. The molecule has 2 amide bonds. The highest BCUT2D eigenvalue weighted by Crippen LogP contribution is 2.21. The second kappa shape index (κ2) is 7.61. The second-order valence-electron chi connectivity index (χ2n) is 5.68. The van der Waals surface area contributed by atoms with Crippen LogP contribution in [0.1, 0.15) is 16.8 Å². The van der Waals surface area contributed by atoms with Crippen molar-refractivity contribution in [3.63, 3.8) is 0 Å². The molecular weight excluding hydrogens is 316 g/mol. The highest BCUT2D eigenvalue weighted by molar-refractivity contribution is 5.83. The van der Waals surface area contributed by atoms with Gasteiger partial charge in [0.15, 0.2) is 0 Å². The minimum atomic E-state index is -0.236. The number of benzene rings is 1. The van der Waals surface area contributed by atoms with E-state index in [4.69, 9.17) is 4.74 Å². The van der Waals surface area contributed by atoms with Gasteiger partial charge in [0.05, 0.1) is 12.6 Å². The number of nitrogens with zero attached hydrogens (tertiary/aromatic N) is 2. The summed E-state index contributed by atoms with van der Waals surface area (Å²) in [7, 11) is 1.58. The zero-order valence-electron chi connectivity index (χ0n) is 14.2. The number of pyridine rings is 2. The molecule has 6 nitrogen and oxygen atoms in total. The van der Waals surface area contributed by atoms with Gasteiger partial charge >= 0.3 is 6.03 Å². The Kier molecular flexibility index (Phi) is 5.09. The molecule has 2 aromatic heterocycles. The number of amides is 2. The Balaban J connectivity index is 1.63. The first-order valence-corrected chi connectivity index (χ1v) is 8.01. The van der Waals surface area contributed by atoms with Crippen molar-refractivity contribution in [3.8, 4) is 5.88 Å². The summed E-state index contributed by atoms with van der Waals surface area (Å²) in [5.41, 5.74) is 3.70. The first-order valence-electron chi connectivity index (χ1n) is 8.01. The summed E-state index contributed by atoms with van der Waals surface area (Å²) < 4.78 is 5.24. The van der Waals surface area contributed by atoms with Crippen LogP contribution < -0.4 is 15.4 Å². The maximum absolute atomic E-state index is 12.1. The molecule has 1 aromatic carbocycles. The Morgan fingerprint density at radius 1 is 1.12 bits per heavy atom. The van der Waals surface area contributed by atoms with E-state index in [0.717, 1.165) is 27.7 Å². The molecule has 0 bridgehead atoms. The predicted octanol–water partition coefficient (Wildman–Crippen LogP) is 2.95. The van der Waals surface area contributed by atoms with E-state index in [1.807, 2.05) is 49.4 Å². The maximum Gasteiger partial charge on any atom is 0.315 e. The molecule has 0 spiro atoms. The van der Waals surface area contributed by atoms with Crippen molar-refractivity contribution in [2.24, 2.45) is 0 Å². The van der Waals surface area contributed by atoms with Crippen molar-refractivity contribution in [2.45, 2.75) is 20.0 Å². The molecule has 3 rings (SSSR count). The molecule has 0 aliphatic heterocycles. The quantitative estimate of drug-likeness (QED) is 0.751. The number of para-hydroxylation sites is 1. The highest BCUT2D eigenvalue weighted by Gasteiger charge is 2.07. The van der Waals surface area contributed by atoms with E-state index in [1.165, 1.54) is 0 Å². The number of urea groups is 1. The molecule has 0 radical (unpaired) electrons. The third-order valence-electron chi connectivity index (χ3n) is 3.85. The SMILES string of the molecule is COc1cc(CNC(=O)NCc2ccc(C)nc2)c2ccccc2n1. The van der Waals surface area contributed by atoms with Crippen molar-refractivity contribution in [2.75, 3.05) is 7.11 Å². The van der Waals surface area contributed by atoms with Crippen LogP contribution in [0.2, 0.25) is 0 Å². The second-order valence-corrected chi connectivity index (χ2v) is 5.68. The minimum absolute atomic E-state index is 0.236. The summed E-state index contributed by atoms with van der Waals surface area (Å²) in [6, 6.07) is 13.3. The van der Waals surface area contributed by atoms with Crippen molar-refractivity contribution >= 4 is 16.9 Å². The van der Waals surface area contributed by atoms with E-state index in [9.17, 15) is 4.79 Å². The lowest BCUT2D eigenvalue weighted by molar-refractivity contribution is 0.240. The summed E-state index contributed by atoms with van der Waals surface area (Å²) in [5.74, 6) is 0.529. The Morgan fingerprint density at radius 2 is 1.92 bits per heavy atom. The normalized spacial score (nSPS) is 10.5. The fourth-order valence-electron chi connectivity index (χ4n) is 2.49. The van der Waals surface area contributed by atoms with Gasteiger partial charge in [0.1, 0.15) is 0 Å². The van der Waals surface area contributed by atoms with Crippen LogP contribution >= 0.6 is 0 Å². The number of fused-ring (bicyclic) bond motifs is 1. The van der Waals surface area contributed by atoms with E-state index in [1.54, 1.807) is 13.3 Å². The molecule has 25 heavy (non-hydrogen) atoms. The van der Waals surface area contributed by atoms with Crippen molar-refractivity contribution in [1.29, 1.82) is 0 Å². The average molecular weight is 336 g/mol. The van der Waals surface area contributed by atoms with E-state index < -0.39 is 0 Å².